The summed E-state index contributed by atoms with van der Waals surface area (Å²) in [4.78, 5) is 16.0. The van der Waals surface area contributed by atoms with Crippen LogP contribution >= 0.6 is 0 Å². The van der Waals surface area contributed by atoms with E-state index in [1.54, 1.807) is 0 Å². The Labute approximate surface area is 164 Å². The Bertz CT molecular complexity index is 1080. The molecule has 6 heteroatoms. The third-order valence-electron chi connectivity index (χ3n) is 4.04. The van der Waals surface area contributed by atoms with Gasteiger partial charge in [-0.15, -0.1) is 0 Å². The number of nitrogens with one attached hydrogen (secondary N) is 2. The summed E-state index contributed by atoms with van der Waals surface area (Å²) in [5.74, 6) is 0. The molecule has 3 aromatic rings. The second kappa shape index (κ2) is 7.26. The Morgan fingerprint density at radius 2 is 0.846 bits per heavy atom. The van der Waals surface area contributed by atoms with Gasteiger partial charge in [0.2, 0.25) is 0 Å². The fourth-order valence-electron chi connectivity index (χ4n) is 2.94. The van der Waals surface area contributed by atoms with Crippen LogP contribution in [0.4, 0.5) is 0 Å². The molecule has 3 aromatic heterocycles. The van der Waals surface area contributed by atoms with Gasteiger partial charge in [0.05, 0.1) is 22.8 Å². The topological polar surface area (TPSA) is 88.9 Å². The van der Waals surface area contributed by atoms with E-state index >= 15 is 0 Å². The first-order valence-corrected chi connectivity index (χ1v) is 7.85. The molecule has 0 spiro atoms. The van der Waals surface area contributed by atoms with Gasteiger partial charge in [-0.25, -0.2) is 9.97 Å². The first kappa shape index (κ1) is 18.1. The zero-order valence-electron chi connectivity index (χ0n) is 13.8. The van der Waals surface area contributed by atoms with E-state index in [0.717, 1.165) is 44.8 Å². The van der Waals surface area contributed by atoms with Crippen LogP contribution in [0.1, 0.15) is 22.8 Å². The molecule has 5 rings (SSSR count). The molecule has 26 heavy (non-hydrogen) atoms. The van der Waals surface area contributed by atoms with Crippen LogP contribution in [0.3, 0.4) is 0 Å². The van der Waals surface area contributed by atoms with Crippen LogP contribution in [-0.2, 0) is 21.7 Å². The number of nitrogens with zero attached hydrogens (tertiary/aromatic N) is 2. The summed E-state index contributed by atoms with van der Waals surface area (Å²) in [6.45, 7) is 0. The minimum atomic E-state index is 0. The summed E-state index contributed by atoms with van der Waals surface area (Å²) in [7, 11) is 0. The molecule has 0 fully saturated rings. The van der Waals surface area contributed by atoms with Crippen LogP contribution < -0.4 is 0 Å². The van der Waals surface area contributed by atoms with E-state index in [1.807, 2.05) is 42.5 Å². The Morgan fingerprint density at radius 3 is 1.27 bits per heavy atom. The van der Waals surface area contributed by atoms with Gasteiger partial charge in [0.25, 0.3) is 0 Å². The van der Waals surface area contributed by atoms with Crippen molar-refractivity contribution in [3.63, 3.8) is 0 Å². The van der Waals surface area contributed by atoms with Crippen molar-refractivity contribution in [2.24, 2.45) is 0 Å². The van der Waals surface area contributed by atoms with Gasteiger partial charge in [0.15, 0.2) is 0 Å². The summed E-state index contributed by atoms with van der Waals surface area (Å²) in [6.07, 6.45) is 8.05. The van der Waals surface area contributed by atoms with Gasteiger partial charge in [-0.1, -0.05) is 0 Å². The molecule has 0 saturated carbocycles. The summed E-state index contributed by atoms with van der Waals surface area (Å²) in [6, 6.07) is 16.4. The van der Waals surface area contributed by atoms with Crippen LogP contribution in [-0.4, -0.2) is 25.4 Å². The number of aromatic amines is 2. The van der Waals surface area contributed by atoms with Crippen LogP contribution in [0, 0.1) is 0 Å². The fourth-order valence-corrected chi connectivity index (χ4v) is 2.94. The van der Waals surface area contributed by atoms with E-state index in [2.05, 4.69) is 50.3 Å². The minimum absolute atomic E-state index is 0. The maximum Gasteiger partial charge on any atom is 0.0659 e. The third kappa shape index (κ3) is 3.60. The van der Waals surface area contributed by atoms with Crippen molar-refractivity contribution in [3.8, 4) is 0 Å². The molecule has 126 valence electrons. The molecule has 2 aliphatic rings. The van der Waals surface area contributed by atoms with Gasteiger partial charge < -0.3 is 15.4 Å². The smallest absolute Gasteiger partial charge is 0.0659 e. The predicted octanol–water partition coefficient (Wildman–Crippen LogP) is 3.83. The average Bonchev–Trinajstić information content (AvgIpc) is 3.32. The molecule has 5 heterocycles. The van der Waals surface area contributed by atoms with Gasteiger partial charge >= 0.3 is 0 Å². The first-order chi connectivity index (χ1) is 11.8. The first-order valence-electron chi connectivity index (χ1n) is 7.85. The normalized spacial score (nSPS) is 11.7. The van der Waals surface area contributed by atoms with Gasteiger partial charge in [0.1, 0.15) is 0 Å². The Hall–Kier alpha value is -2.73. The average molecular weight is 376 g/mol. The SMILES string of the molecule is C1=Cc2cc3ccc(cc4ccc(cc5nc(cc1n2)C=C5)[nH]4)[nH]3.O.[Ti]. The van der Waals surface area contributed by atoms with Crippen molar-refractivity contribution in [2.75, 3.05) is 0 Å². The molecule has 0 amide bonds. The number of hydrogen-bond donors (Lipinski definition) is 2. The molecular weight excluding hydrogens is 360 g/mol. The molecule has 8 bridgehead atoms. The van der Waals surface area contributed by atoms with Gasteiger partial charge in [0, 0.05) is 43.8 Å². The monoisotopic (exact) mass is 376 g/mol. The molecule has 2 aliphatic heterocycles. The molecule has 0 saturated heterocycles. The third-order valence-corrected chi connectivity index (χ3v) is 4.04. The van der Waals surface area contributed by atoms with Crippen molar-refractivity contribution >= 4 is 46.4 Å². The number of hydrogen-bond acceptors (Lipinski definition) is 2. The second-order valence-corrected chi connectivity index (χ2v) is 5.91. The van der Waals surface area contributed by atoms with Gasteiger partial charge in [-0.3, -0.25) is 0 Å². The van der Waals surface area contributed by atoms with E-state index in [9.17, 15) is 0 Å². The van der Waals surface area contributed by atoms with Crippen LogP contribution in [0.5, 0.6) is 0 Å². The van der Waals surface area contributed by atoms with E-state index in [0.29, 0.717) is 0 Å². The van der Waals surface area contributed by atoms with Crippen molar-refractivity contribution in [2.45, 2.75) is 0 Å². The van der Waals surface area contributed by atoms with Crippen LogP contribution in [0.25, 0.3) is 46.4 Å². The Kier molecular flexibility index (Phi) is 5.04. The Balaban J connectivity index is 0.000000980. The Morgan fingerprint density at radius 1 is 0.500 bits per heavy atom. The molecule has 0 unspecified atom stereocenters. The molecule has 0 aliphatic carbocycles. The van der Waals surface area contributed by atoms with Crippen molar-refractivity contribution in [1.82, 2.24) is 19.9 Å². The fraction of sp³-hybridized carbons (Fsp3) is 0. The van der Waals surface area contributed by atoms with Gasteiger partial charge in [-0.2, -0.15) is 0 Å². The molecule has 0 aromatic carbocycles. The minimum Gasteiger partial charge on any atom is -0.412 e. The van der Waals surface area contributed by atoms with Crippen LogP contribution in [0.15, 0.2) is 48.5 Å². The number of H-pyrrole nitrogens is 2. The molecule has 5 nitrogen and oxygen atoms in total. The van der Waals surface area contributed by atoms with Crippen molar-refractivity contribution in [3.05, 3.63) is 71.3 Å². The van der Waals surface area contributed by atoms with E-state index in [4.69, 9.17) is 0 Å². The largest absolute Gasteiger partial charge is 0.412 e. The molecule has 4 N–H and O–H groups in total. The van der Waals surface area contributed by atoms with E-state index < -0.39 is 0 Å². The quantitative estimate of drug-likeness (QED) is 0.402. The number of aromatic nitrogens is 4. The standard InChI is InChI=1S/C20H14N4.H2O.Ti/c1-2-14-10-16-5-6-18(23-16)12-20-8-7-19(24-20)11-17-4-3-15(22-17)9-13(1)21-14;;/h1-12,21-22H;1H2;. The van der Waals surface area contributed by atoms with E-state index in [-0.39, 0.29) is 27.2 Å². The zero-order valence-corrected chi connectivity index (χ0v) is 15.4. The van der Waals surface area contributed by atoms with Gasteiger partial charge in [-0.05, 0) is 72.8 Å². The maximum absolute atomic E-state index is 4.62. The molecule has 0 atom stereocenters. The summed E-state index contributed by atoms with van der Waals surface area (Å²) < 4.78 is 0. The second-order valence-electron chi connectivity index (χ2n) is 5.91. The number of rotatable bonds is 0. The summed E-state index contributed by atoms with van der Waals surface area (Å²) in [5, 5.41) is 0. The number of fused-ring (bicyclic) bond motifs is 8. The summed E-state index contributed by atoms with van der Waals surface area (Å²) in [5.41, 5.74) is 7.86. The summed E-state index contributed by atoms with van der Waals surface area (Å²) >= 11 is 0. The molecule has 0 radical (unpaired) electrons. The molecular formula is C20H16N4OTi. The van der Waals surface area contributed by atoms with Crippen molar-refractivity contribution in [1.29, 1.82) is 0 Å². The maximum atomic E-state index is 4.62. The zero-order chi connectivity index (χ0) is 15.9. The van der Waals surface area contributed by atoms with Crippen LogP contribution in [0.2, 0.25) is 0 Å². The van der Waals surface area contributed by atoms with E-state index in [1.165, 1.54) is 0 Å². The predicted molar refractivity (Wildman–Crippen MR) is 102 cm³/mol. The van der Waals surface area contributed by atoms with Crippen molar-refractivity contribution < 1.29 is 27.2 Å².